The van der Waals surface area contributed by atoms with Crippen molar-refractivity contribution in [3.63, 3.8) is 0 Å². The number of ether oxygens (including phenoxy) is 1. The van der Waals surface area contributed by atoms with Gasteiger partial charge >= 0.3 is 0 Å². The van der Waals surface area contributed by atoms with Gasteiger partial charge in [0.05, 0.1) is 6.20 Å². The Balaban J connectivity index is 2.21. The van der Waals surface area contributed by atoms with E-state index in [2.05, 4.69) is 27.6 Å². The highest BCUT2D eigenvalue weighted by Crippen LogP contribution is 1.96. The lowest BCUT2D eigenvalue weighted by Gasteiger charge is -2.10. The fourth-order valence-corrected chi connectivity index (χ4v) is 1.92. The highest BCUT2D eigenvalue weighted by molar-refractivity contribution is 5.79. The first-order chi connectivity index (χ1) is 10.3. The number of rotatable bonds is 10. The van der Waals surface area contributed by atoms with Crippen molar-refractivity contribution < 1.29 is 4.74 Å². The van der Waals surface area contributed by atoms with Gasteiger partial charge in [0.1, 0.15) is 0 Å². The zero-order valence-electron chi connectivity index (χ0n) is 13.6. The average molecular weight is 295 g/mol. The van der Waals surface area contributed by atoms with Gasteiger partial charge < -0.3 is 15.4 Å². The van der Waals surface area contributed by atoms with E-state index >= 15 is 0 Å². The van der Waals surface area contributed by atoms with Crippen molar-refractivity contribution in [2.45, 2.75) is 33.1 Å². The Morgan fingerprint density at radius 1 is 1.33 bits per heavy atom. The molecule has 1 heterocycles. The second-order valence-electron chi connectivity index (χ2n) is 4.86. The van der Waals surface area contributed by atoms with E-state index in [9.17, 15) is 0 Å². The van der Waals surface area contributed by atoms with E-state index in [1.54, 1.807) is 0 Å². The van der Waals surface area contributed by atoms with E-state index in [4.69, 9.17) is 4.74 Å². The molecule has 0 aliphatic heterocycles. The standard InChI is InChI=1S/C15H29N5O/c1-4-16-15(17-9-6-7-11-21-5-2)18-10-8-14-12-19-20(3)13-14/h12-13H,4-11H2,1-3H3,(H2,16,17,18). The topological polar surface area (TPSA) is 63.5 Å². The molecule has 21 heavy (non-hydrogen) atoms. The minimum atomic E-state index is 0.793. The molecule has 0 saturated carbocycles. The first kappa shape index (κ1) is 17.5. The minimum Gasteiger partial charge on any atom is -0.382 e. The number of aryl methyl sites for hydroxylation is 1. The maximum Gasteiger partial charge on any atom is 0.191 e. The third-order valence-corrected chi connectivity index (χ3v) is 2.98. The summed E-state index contributed by atoms with van der Waals surface area (Å²) < 4.78 is 7.14. The predicted molar refractivity (Wildman–Crippen MR) is 86.6 cm³/mol. The number of aromatic nitrogens is 2. The Morgan fingerprint density at radius 3 is 2.86 bits per heavy atom. The van der Waals surface area contributed by atoms with Gasteiger partial charge in [-0.15, -0.1) is 0 Å². The summed E-state index contributed by atoms with van der Waals surface area (Å²) in [7, 11) is 1.94. The van der Waals surface area contributed by atoms with Crippen LogP contribution >= 0.6 is 0 Å². The predicted octanol–water partition coefficient (Wildman–Crippen LogP) is 1.33. The molecule has 0 atom stereocenters. The normalized spacial score (nSPS) is 11.7. The molecule has 1 aromatic heterocycles. The van der Waals surface area contributed by atoms with Gasteiger partial charge in [0, 0.05) is 46.1 Å². The van der Waals surface area contributed by atoms with E-state index < -0.39 is 0 Å². The molecule has 0 aliphatic carbocycles. The van der Waals surface area contributed by atoms with Gasteiger partial charge in [-0.2, -0.15) is 5.10 Å². The summed E-state index contributed by atoms with van der Waals surface area (Å²) in [5, 5.41) is 10.8. The first-order valence-corrected chi connectivity index (χ1v) is 7.83. The molecule has 0 fully saturated rings. The lowest BCUT2D eigenvalue weighted by atomic mass is 10.2. The average Bonchev–Trinajstić information content (AvgIpc) is 2.88. The fourth-order valence-electron chi connectivity index (χ4n) is 1.92. The summed E-state index contributed by atoms with van der Waals surface area (Å²) in [6.07, 6.45) is 7.01. The second-order valence-corrected chi connectivity index (χ2v) is 4.86. The Hall–Kier alpha value is -1.56. The molecule has 2 N–H and O–H groups in total. The summed E-state index contributed by atoms with van der Waals surface area (Å²) in [5.41, 5.74) is 1.23. The maximum absolute atomic E-state index is 5.32. The Bertz CT molecular complexity index is 403. The van der Waals surface area contributed by atoms with Crippen molar-refractivity contribution in [1.29, 1.82) is 0 Å². The number of aliphatic imine (C=N–C) groups is 1. The Kier molecular flexibility index (Phi) is 9.28. The highest BCUT2D eigenvalue weighted by atomic mass is 16.5. The maximum atomic E-state index is 5.32. The van der Waals surface area contributed by atoms with Gasteiger partial charge in [-0.1, -0.05) is 0 Å². The van der Waals surface area contributed by atoms with E-state index in [1.807, 2.05) is 31.0 Å². The molecule has 0 radical (unpaired) electrons. The molecular formula is C15H29N5O. The largest absolute Gasteiger partial charge is 0.382 e. The monoisotopic (exact) mass is 295 g/mol. The molecule has 6 heteroatoms. The Morgan fingerprint density at radius 2 is 2.19 bits per heavy atom. The number of unbranched alkanes of at least 4 members (excludes halogenated alkanes) is 1. The van der Waals surface area contributed by atoms with Crippen molar-refractivity contribution in [2.75, 3.05) is 32.8 Å². The lowest BCUT2D eigenvalue weighted by Crippen LogP contribution is -2.38. The number of nitrogens with one attached hydrogen (secondary N) is 2. The number of guanidine groups is 1. The Labute approximate surface area is 128 Å². The van der Waals surface area contributed by atoms with Gasteiger partial charge in [0.15, 0.2) is 5.96 Å². The molecule has 0 aromatic carbocycles. The summed E-state index contributed by atoms with van der Waals surface area (Å²) in [6, 6.07) is 0. The van der Waals surface area contributed by atoms with Crippen LogP contribution in [0.5, 0.6) is 0 Å². The third kappa shape index (κ3) is 8.34. The van der Waals surface area contributed by atoms with Crippen LogP contribution in [0.15, 0.2) is 17.4 Å². The fraction of sp³-hybridized carbons (Fsp3) is 0.733. The number of nitrogens with zero attached hydrogens (tertiary/aromatic N) is 3. The van der Waals surface area contributed by atoms with Crippen LogP contribution < -0.4 is 10.6 Å². The van der Waals surface area contributed by atoms with Crippen LogP contribution in [0.2, 0.25) is 0 Å². The molecule has 1 aromatic rings. The zero-order chi connectivity index (χ0) is 15.3. The van der Waals surface area contributed by atoms with Gasteiger partial charge in [-0.3, -0.25) is 9.67 Å². The minimum absolute atomic E-state index is 0.793. The molecular weight excluding hydrogens is 266 g/mol. The van der Waals surface area contributed by atoms with Crippen molar-refractivity contribution >= 4 is 5.96 Å². The third-order valence-electron chi connectivity index (χ3n) is 2.98. The van der Waals surface area contributed by atoms with Gasteiger partial charge in [-0.05, 0) is 38.7 Å². The highest BCUT2D eigenvalue weighted by Gasteiger charge is 1.99. The lowest BCUT2D eigenvalue weighted by molar-refractivity contribution is 0.144. The summed E-state index contributed by atoms with van der Waals surface area (Å²) in [5.74, 6) is 0.887. The smallest absolute Gasteiger partial charge is 0.191 e. The van der Waals surface area contributed by atoms with Crippen molar-refractivity contribution in [3.8, 4) is 0 Å². The molecule has 0 aliphatic rings. The van der Waals surface area contributed by atoms with E-state index in [1.165, 1.54) is 5.56 Å². The van der Waals surface area contributed by atoms with Crippen LogP contribution in [0, 0.1) is 0 Å². The van der Waals surface area contributed by atoms with Crippen LogP contribution in [0.25, 0.3) is 0 Å². The molecule has 0 bridgehead atoms. The molecule has 0 spiro atoms. The van der Waals surface area contributed by atoms with Crippen molar-refractivity contribution in [2.24, 2.45) is 12.0 Å². The molecule has 0 amide bonds. The van der Waals surface area contributed by atoms with Crippen molar-refractivity contribution in [1.82, 2.24) is 20.4 Å². The molecule has 0 saturated heterocycles. The number of hydrogen-bond acceptors (Lipinski definition) is 3. The van der Waals surface area contributed by atoms with Crippen molar-refractivity contribution in [3.05, 3.63) is 18.0 Å². The van der Waals surface area contributed by atoms with Crippen LogP contribution in [0.1, 0.15) is 32.3 Å². The van der Waals surface area contributed by atoms with Gasteiger partial charge in [0.25, 0.3) is 0 Å². The quantitative estimate of drug-likeness (QED) is 0.388. The van der Waals surface area contributed by atoms with Crippen LogP contribution in [0.4, 0.5) is 0 Å². The zero-order valence-corrected chi connectivity index (χ0v) is 13.6. The van der Waals surface area contributed by atoms with E-state index in [0.29, 0.717) is 0 Å². The van der Waals surface area contributed by atoms with E-state index in [0.717, 1.165) is 58.1 Å². The van der Waals surface area contributed by atoms with Crippen LogP contribution in [0.3, 0.4) is 0 Å². The van der Waals surface area contributed by atoms with Crippen LogP contribution in [-0.4, -0.2) is 48.6 Å². The number of hydrogen-bond donors (Lipinski definition) is 2. The SMILES string of the molecule is CCNC(=NCCCCOCC)NCCc1cnn(C)c1. The first-order valence-electron chi connectivity index (χ1n) is 7.83. The molecule has 1 rings (SSSR count). The van der Waals surface area contributed by atoms with E-state index in [-0.39, 0.29) is 0 Å². The second kappa shape index (κ2) is 11.1. The van der Waals surface area contributed by atoms with Gasteiger partial charge in [-0.25, -0.2) is 0 Å². The summed E-state index contributed by atoms with van der Waals surface area (Å²) in [6.45, 7) is 8.28. The molecule has 0 unspecified atom stereocenters. The summed E-state index contributed by atoms with van der Waals surface area (Å²) >= 11 is 0. The van der Waals surface area contributed by atoms with Gasteiger partial charge in [0.2, 0.25) is 0 Å². The molecule has 6 nitrogen and oxygen atoms in total. The van der Waals surface area contributed by atoms with Crippen LogP contribution in [-0.2, 0) is 18.2 Å². The molecule has 120 valence electrons. The summed E-state index contributed by atoms with van der Waals surface area (Å²) in [4.78, 5) is 4.57.